The highest BCUT2D eigenvalue weighted by atomic mass is 35.5. The summed E-state index contributed by atoms with van der Waals surface area (Å²) in [7, 11) is 3.44. The van der Waals surface area contributed by atoms with Crippen molar-refractivity contribution >= 4 is 28.9 Å². The highest BCUT2D eigenvalue weighted by Gasteiger charge is 2.15. The molecule has 6 nitrogen and oxygen atoms in total. The number of halogens is 1. The summed E-state index contributed by atoms with van der Waals surface area (Å²) < 4.78 is 5.12. The Labute approximate surface area is 121 Å². The quantitative estimate of drug-likeness (QED) is 0.845. The minimum absolute atomic E-state index is 0.175. The van der Waals surface area contributed by atoms with E-state index in [0.717, 1.165) is 11.4 Å². The summed E-state index contributed by atoms with van der Waals surface area (Å²) in [6, 6.07) is 7.47. The lowest BCUT2D eigenvalue weighted by molar-refractivity contribution is 0.385. The van der Waals surface area contributed by atoms with Crippen molar-refractivity contribution in [1.29, 1.82) is 0 Å². The smallest absolute Gasteiger partial charge is 0.174 e. The SMILES string of the molecule is COc1ccc(N(C)c2nc(C)nc(NO)c2Cl)cc1. The maximum absolute atomic E-state index is 9.03. The van der Waals surface area contributed by atoms with Crippen LogP contribution >= 0.6 is 11.6 Å². The molecule has 0 saturated heterocycles. The van der Waals surface area contributed by atoms with Gasteiger partial charge in [0.15, 0.2) is 11.6 Å². The summed E-state index contributed by atoms with van der Waals surface area (Å²) in [6.45, 7) is 1.72. The van der Waals surface area contributed by atoms with Gasteiger partial charge in [0.2, 0.25) is 0 Å². The second-order valence-corrected chi connectivity index (χ2v) is 4.50. The second kappa shape index (κ2) is 5.94. The van der Waals surface area contributed by atoms with Crippen molar-refractivity contribution in [1.82, 2.24) is 9.97 Å². The van der Waals surface area contributed by atoms with E-state index < -0.39 is 0 Å². The molecule has 0 bridgehead atoms. The minimum atomic E-state index is 0.175. The molecule has 20 heavy (non-hydrogen) atoms. The largest absolute Gasteiger partial charge is 0.497 e. The maximum Gasteiger partial charge on any atom is 0.174 e. The first-order chi connectivity index (χ1) is 9.56. The molecule has 0 aliphatic heterocycles. The summed E-state index contributed by atoms with van der Waals surface area (Å²) in [5, 5.41) is 9.27. The van der Waals surface area contributed by atoms with Crippen molar-refractivity contribution in [2.24, 2.45) is 0 Å². The number of anilines is 3. The number of rotatable bonds is 4. The molecule has 0 unspecified atom stereocenters. The van der Waals surface area contributed by atoms with E-state index in [1.165, 1.54) is 0 Å². The number of hydrogen-bond acceptors (Lipinski definition) is 6. The van der Waals surface area contributed by atoms with Crippen LogP contribution in [0.1, 0.15) is 5.82 Å². The Morgan fingerprint density at radius 1 is 1.25 bits per heavy atom. The van der Waals surface area contributed by atoms with Crippen molar-refractivity contribution < 1.29 is 9.94 Å². The van der Waals surface area contributed by atoms with E-state index in [0.29, 0.717) is 11.6 Å². The molecule has 0 spiro atoms. The predicted molar refractivity (Wildman–Crippen MR) is 78.2 cm³/mol. The van der Waals surface area contributed by atoms with E-state index >= 15 is 0 Å². The monoisotopic (exact) mass is 294 g/mol. The second-order valence-electron chi connectivity index (χ2n) is 4.13. The van der Waals surface area contributed by atoms with Gasteiger partial charge in [0.05, 0.1) is 7.11 Å². The van der Waals surface area contributed by atoms with E-state index in [1.807, 2.05) is 36.8 Å². The Morgan fingerprint density at radius 2 is 1.90 bits per heavy atom. The fraction of sp³-hybridized carbons (Fsp3) is 0.231. The third-order valence-corrected chi connectivity index (χ3v) is 3.18. The van der Waals surface area contributed by atoms with E-state index in [9.17, 15) is 0 Å². The first kappa shape index (κ1) is 14.4. The van der Waals surface area contributed by atoms with Crippen LogP contribution in [0.5, 0.6) is 5.75 Å². The summed E-state index contributed by atoms with van der Waals surface area (Å²) in [4.78, 5) is 10.1. The molecule has 2 rings (SSSR count). The van der Waals surface area contributed by atoms with Crippen LogP contribution in [-0.4, -0.2) is 29.3 Å². The molecule has 7 heteroatoms. The number of ether oxygens (including phenoxy) is 1. The molecule has 2 aromatic rings. The Kier molecular flexibility index (Phi) is 4.26. The van der Waals surface area contributed by atoms with Gasteiger partial charge in [-0.3, -0.25) is 10.7 Å². The highest BCUT2D eigenvalue weighted by Crippen LogP contribution is 2.33. The highest BCUT2D eigenvalue weighted by molar-refractivity contribution is 6.35. The first-order valence-corrected chi connectivity index (χ1v) is 6.26. The van der Waals surface area contributed by atoms with Crippen LogP contribution in [0, 0.1) is 6.92 Å². The normalized spacial score (nSPS) is 10.2. The van der Waals surface area contributed by atoms with Crippen LogP contribution in [0.15, 0.2) is 24.3 Å². The Hall–Kier alpha value is -2.05. The summed E-state index contributed by atoms with van der Waals surface area (Å²) in [5.74, 6) is 1.95. The van der Waals surface area contributed by atoms with Gasteiger partial charge >= 0.3 is 0 Å². The van der Waals surface area contributed by atoms with E-state index in [2.05, 4.69) is 9.97 Å². The van der Waals surface area contributed by atoms with Crippen LogP contribution in [0.3, 0.4) is 0 Å². The molecule has 1 heterocycles. The summed E-state index contributed by atoms with van der Waals surface area (Å²) in [5.41, 5.74) is 2.86. The van der Waals surface area contributed by atoms with Crippen molar-refractivity contribution in [2.45, 2.75) is 6.92 Å². The van der Waals surface area contributed by atoms with Crippen LogP contribution in [0.25, 0.3) is 0 Å². The standard InChI is InChI=1S/C13H15ClN4O2/c1-8-15-12(17-19)11(14)13(16-8)18(2)9-4-6-10(20-3)7-5-9/h4-7,19H,1-3H3,(H,15,16,17). The average Bonchev–Trinajstić information content (AvgIpc) is 2.48. The number of benzene rings is 1. The Morgan fingerprint density at radius 3 is 2.45 bits per heavy atom. The molecule has 0 aliphatic carbocycles. The van der Waals surface area contributed by atoms with Crippen LogP contribution in [0.4, 0.5) is 17.3 Å². The van der Waals surface area contributed by atoms with E-state index in [1.54, 1.807) is 18.9 Å². The van der Waals surface area contributed by atoms with Crippen molar-refractivity contribution in [3.63, 3.8) is 0 Å². The topological polar surface area (TPSA) is 70.5 Å². The number of hydrogen-bond donors (Lipinski definition) is 2. The molecule has 106 valence electrons. The van der Waals surface area contributed by atoms with Crippen molar-refractivity contribution in [3.8, 4) is 5.75 Å². The molecule has 2 N–H and O–H groups in total. The fourth-order valence-corrected chi connectivity index (χ4v) is 2.02. The van der Waals surface area contributed by atoms with Gasteiger partial charge in [0.25, 0.3) is 0 Å². The van der Waals surface area contributed by atoms with Gasteiger partial charge in [-0.05, 0) is 31.2 Å². The fourth-order valence-electron chi connectivity index (χ4n) is 1.77. The summed E-state index contributed by atoms with van der Waals surface area (Å²) >= 11 is 6.17. The molecule has 1 aromatic heterocycles. The first-order valence-electron chi connectivity index (χ1n) is 5.89. The molecule has 0 saturated carbocycles. The molecule has 0 aliphatic rings. The lowest BCUT2D eigenvalue weighted by atomic mass is 10.3. The van der Waals surface area contributed by atoms with Gasteiger partial charge < -0.3 is 9.64 Å². The number of methoxy groups -OCH3 is 1. The molecular formula is C13H15ClN4O2. The third-order valence-electron chi connectivity index (χ3n) is 2.83. The predicted octanol–water partition coefficient (Wildman–Crippen LogP) is 3.02. The molecule has 1 aromatic carbocycles. The number of aromatic nitrogens is 2. The lowest BCUT2D eigenvalue weighted by Crippen LogP contribution is -2.14. The minimum Gasteiger partial charge on any atom is -0.497 e. The number of aryl methyl sites for hydroxylation is 1. The van der Waals surface area contributed by atoms with Gasteiger partial charge in [0, 0.05) is 12.7 Å². The van der Waals surface area contributed by atoms with Crippen molar-refractivity contribution in [3.05, 3.63) is 35.1 Å². The zero-order valence-electron chi connectivity index (χ0n) is 11.4. The Bertz CT molecular complexity index is 604. The maximum atomic E-state index is 9.03. The molecule has 0 atom stereocenters. The van der Waals surface area contributed by atoms with Crippen LogP contribution in [0.2, 0.25) is 5.02 Å². The molecular weight excluding hydrogens is 280 g/mol. The van der Waals surface area contributed by atoms with Gasteiger partial charge in [-0.1, -0.05) is 11.6 Å². The molecule has 0 amide bonds. The van der Waals surface area contributed by atoms with Crippen LogP contribution < -0.4 is 15.1 Å². The van der Waals surface area contributed by atoms with Gasteiger partial charge in [-0.25, -0.2) is 9.97 Å². The van der Waals surface area contributed by atoms with E-state index in [-0.39, 0.29) is 10.8 Å². The Balaban J connectivity index is 2.41. The number of nitrogens with zero attached hydrogens (tertiary/aromatic N) is 3. The van der Waals surface area contributed by atoms with Gasteiger partial charge in [-0.2, -0.15) is 0 Å². The zero-order valence-corrected chi connectivity index (χ0v) is 12.1. The van der Waals surface area contributed by atoms with Gasteiger partial charge in [-0.15, -0.1) is 0 Å². The third kappa shape index (κ3) is 2.76. The zero-order chi connectivity index (χ0) is 14.7. The van der Waals surface area contributed by atoms with E-state index in [4.69, 9.17) is 21.5 Å². The van der Waals surface area contributed by atoms with Crippen molar-refractivity contribution in [2.75, 3.05) is 24.5 Å². The summed E-state index contributed by atoms with van der Waals surface area (Å²) in [6.07, 6.45) is 0. The lowest BCUT2D eigenvalue weighted by Gasteiger charge is -2.21. The molecule has 0 fully saturated rings. The number of nitrogens with one attached hydrogen (secondary N) is 1. The van der Waals surface area contributed by atoms with Crippen LogP contribution in [-0.2, 0) is 0 Å². The average molecular weight is 295 g/mol. The molecule has 0 radical (unpaired) electrons. The van der Waals surface area contributed by atoms with Gasteiger partial charge in [0.1, 0.15) is 16.6 Å².